The first-order chi connectivity index (χ1) is 18.3. The van der Waals surface area contributed by atoms with Gasteiger partial charge < -0.3 is 20.5 Å². The fraction of sp³-hybridized carbons (Fsp3) is 0.296. The predicted octanol–water partition coefficient (Wildman–Crippen LogP) is 3.99. The van der Waals surface area contributed by atoms with E-state index in [9.17, 15) is 23.3 Å². The molecule has 1 amide bonds. The smallest absolute Gasteiger partial charge is 0.293 e. The van der Waals surface area contributed by atoms with Gasteiger partial charge in [0.1, 0.15) is 10.6 Å². The number of carbonyl (C=O) groups excluding carboxylic acids is 1. The second-order valence-corrected chi connectivity index (χ2v) is 10.9. The summed E-state index contributed by atoms with van der Waals surface area (Å²) in [5.41, 5.74) is 6.24. The summed E-state index contributed by atoms with van der Waals surface area (Å²) in [5.74, 6) is -0.727. The fourth-order valence-electron chi connectivity index (χ4n) is 4.30. The van der Waals surface area contributed by atoms with E-state index in [0.717, 1.165) is 24.5 Å². The number of nitrogens with zero attached hydrogens (tertiary/aromatic N) is 1. The zero-order valence-corrected chi connectivity index (χ0v) is 21.5. The molecule has 1 aliphatic heterocycles. The van der Waals surface area contributed by atoms with Crippen LogP contribution in [0.25, 0.3) is 0 Å². The van der Waals surface area contributed by atoms with Gasteiger partial charge in [0, 0.05) is 32.2 Å². The molecule has 0 aliphatic carbocycles. The number of hydrogen-bond donors (Lipinski definition) is 2. The standard InChI is InChI=1S/C27H29N3O7S/c28-27(31)22-7-4-8-25(26(22)37-16-13-19-5-2-1-3-6-19)38(34,35)21-9-10-23(24(17-21)30(32)33)29-18-20-11-14-36-15-12-20/h1-10,17,20,29H,11-16,18H2,(H2,28,31). The number of nitro groups is 1. The second-order valence-electron chi connectivity index (χ2n) is 8.96. The summed E-state index contributed by atoms with van der Waals surface area (Å²) in [5, 5.41) is 14.9. The highest BCUT2D eigenvalue weighted by Crippen LogP contribution is 2.36. The number of anilines is 1. The van der Waals surface area contributed by atoms with Crippen molar-refractivity contribution in [3.63, 3.8) is 0 Å². The molecular formula is C27H29N3O7S. The lowest BCUT2D eigenvalue weighted by Gasteiger charge is -2.22. The van der Waals surface area contributed by atoms with Crippen LogP contribution in [0.3, 0.4) is 0 Å². The number of sulfone groups is 1. The summed E-state index contributed by atoms with van der Waals surface area (Å²) in [7, 11) is -4.31. The zero-order valence-electron chi connectivity index (χ0n) is 20.7. The number of carbonyl (C=O) groups is 1. The maximum Gasteiger partial charge on any atom is 0.293 e. The molecule has 1 saturated heterocycles. The Balaban J connectivity index is 1.63. The van der Waals surface area contributed by atoms with Crippen LogP contribution in [0.5, 0.6) is 5.75 Å². The van der Waals surface area contributed by atoms with E-state index in [4.69, 9.17) is 15.2 Å². The number of ether oxygens (including phenoxy) is 2. The molecule has 200 valence electrons. The van der Waals surface area contributed by atoms with Crippen molar-refractivity contribution in [1.29, 1.82) is 0 Å². The summed E-state index contributed by atoms with van der Waals surface area (Å²) in [6, 6.07) is 17.2. The number of primary amides is 1. The highest BCUT2D eigenvalue weighted by molar-refractivity contribution is 7.91. The first kappa shape index (κ1) is 27.1. The Morgan fingerprint density at radius 3 is 2.50 bits per heavy atom. The summed E-state index contributed by atoms with van der Waals surface area (Å²) in [6.45, 7) is 1.89. The first-order valence-electron chi connectivity index (χ1n) is 12.2. The molecule has 1 aliphatic rings. The molecule has 3 aromatic carbocycles. The van der Waals surface area contributed by atoms with Crippen molar-refractivity contribution in [3.8, 4) is 5.75 Å². The molecule has 1 fully saturated rings. The average Bonchev–Trinajstić information content (AvgIpc) is 2.92. The number of para-hydroxylation sites is 1. The van der Waals surface area contributed by atoms with E-state index in [2.05, 4.69) is 5.32 Å². The van der Waals surface area contributed by atoms with Crippen molar-refractivity contribution >= 4 is 27.1 Å². The van der Waals surface area contributed by atoms with Crippen LogP contribution < -0.4 is 15.8 Å². The van der Waals surface area contributed by atoms with E-state index < -0.39 is 20.7 Å². The van der Waals surface area contributed by atoms with Crippen molar-refractivity contribution in [2.45, 2.75) is 29.1 Å². The van der Waals surface area contributed by atoms with Gasteiger partial charge in [-0.3, -0.25) is 14.9 Å². The van der Waals surface area contributed by atoms with Gasteiger partial charge in [-0.15, -0.1) is 0 Å². The topological polar surface area (TPSA) is 151 Å². The van der Waals surface area contributed by atoms with Crippen LogP contribution in [0.1, 0.15) is 28.8 Å². The summed E-state index contributed by atoms with van der Waals surface area (Å²) in [4.78, 5) is 22.7. The number of rotatable bonds is 11. The number of benzene rings is 3. The fourth-order valence-corrected chi connectivity index (χ4v) is 5.74. The Bertz CT molecular complexity index is 1410. The van der Waals surface area contributed by atoms with Crippen molar-refractivity contribution in [2.75, 3.05) is 31.7 Å². The van der Waals surface area contributed by atoms with Crippen LogP contribution >= 0.6 is 0 Å². The quantitative estimate of drug-likeness (QED) is 0.274. The predicted molar refractivity (Wildman–Crippen MR) is 141 cm³/mol. The average molecular weight is 540 g/mol. The monoisotopic (exact) mass is 539 g/mol. The normalized spacial score (nSPS) is 14.1. The zero-order chi connectivity index (χ0) is 27.1. The second kappa shape index (κ2) is 12.1. The van der Waals surface area contributed by atoms with E-state index >= 15 is 0 Å². The maximum absolute atomic E-state index is 13.7. The number of nitrogens with one attached hydrogen (secondary N) is 1. The highest BCUT2D eigenvalue weighted by atomic mass is 32.2. The lowest BCUT2D eigenvalue weighted by Crippen LogP contribution is -2.23. The molecule has 0 aromatic heterocycles. The van der Waals surface area contributed by atoms with Crippen molar-refractivity contribution in [1.82, 2.24) is 0 Å². The van der Waals surface area contributed by atoms with Crippen LogP contribution in [0.2, 0.25) is 0 Å². The van der Waals surface area contributed by atoms with Gasteiger partial charge in [-0.2, -0.15) is 0 Å². The van der Waals surface area contributed by atoms with Crippen molar-refractivity contribution in [2.24, 2.45) is 11.7 Å². The number of hydrogen-bond acceptors (Lipinski definition) is 8. The van der Waals surface area contributed by atoms with Crippen LogP contribution in [-0.2, 0) is 21.0 Å². The highest BCUT2D eigenvalue weighted by Gasteiger charge is 2.29. The Morgan fingerprint density at radius 1 is 1.08 bits per heavy atom. The minimum Gasteiger partial charge on any atom is -0.491 e. The number of nitro benzene ring substituents is 1. The van der Waals surface area contributed by atoms with E-state index in [1.807, 2.05) is 30.3 Å². The van der Waals surface area contributed by atoms with Gasteiger partial charge in [-0.25, -0.2) is 8.42 Å². The van der Waals surface area contributed by atoms with E-state index in [0.29, 0.717) is 32.1 Å². The lowest BCUT2D eigenvalue weighted by molar-refractivity contribution is -0.384. The molecule has 0 bridgehead atoms. The van der Waals surface area contributed by atoms with Gasteiger partial charge in [0.15, 0.2) is 5.75 Å². The molecule has 1 heterocycles. The van der Waals surface area contributed by atoms with Gasteiger partial charge in [0.05, 0.1) is 22.0 Å². The SMILES string of the molecule is NC(=O)c1cccc(S(=O)(=O)c2ccc(NCC3CCOCC3)c([N+](=O)[O-])c2)c1OCCc1ccccc1. The molecule has 3 N–H and O–H groups in total. The Hall–Kier alpha value is -3.96. The van der Waals surface area contributed by atoms with Gasteiger partial charge in [-0.05, 0) is 48.6 Å². The Morgan fingerprint density at radius 2 is 1.82 bits per heavy atom. The van der Waals surface area contributed by atoms with Crippen molar-refractivity contribution in [3.05, 3.63) is 88.0 Å². The third-order valence-corrected chi connectivity index (χ3v) is 8.19. The van der Waals surface area contributed by atoms with Crippen LogP contribution in [-0.4, -0.2) is 45.6 Å². The Labute approximate surface area is 220 Å². The molecule has 10 nitrogen and oxygen atoms in total. The van der Waals surface area contributed by atoms with Gasteiger partial charge in [-0.1, -0.05) is 36.4 Å². The van der Waals surface area contributed by atoms with Gasteiger partial charge in [0.2, 0.25) is 9.84 Å². The van der Waals surface area contributed by atoms with Gasteiger partial charge >= 0.3 is 0 Å². The summed E-state index contributed by atoms with van der Waals surface area (Å²) < 4.78 is 38.5. The van der Waals surface area contributed by atoms with Crippen LogP contribution in [0, 0.1) is 16.0 Å². The first-order valence-corrected chi connectivity index (χ1v) is 13.7. The number of nitrogens with two attached hydrogens (primary N) is 1. The molecule has 11 heteroatoms. The third-order valence-electron chi connectivity index (χ3n) is 6.41. The molecule has 0 unspecified atom stereocenters. The Kier molecular flexibility index (Phi) is 8.59. The van der Waals surface area contributed by atoms with Crippen LogP contribution in [0.4, 0.5) is 11.4 Å². The minimum absolute atomic E-state index is 0.0893. The maximum atomic E-state index is 13.7. The molecule has 4 rings (SSSR count). The van der Waals surface area contributed by atoms with E-state index in [1.54, 1.807) is 0 Å². The largest absolute Gasteiger partial charge is 0.491 e. The molecule has 0 atom stereocenters. The third kappa shape index (κ3) is 6.29. The molecular weight excluding hydrogens is 510 g/mol. The van der Waals surface area contributed by atoms with Crippen molar-refractivity contribution < 1.29 is 27.6 Å². The summed E-state index contributed by atoms with van der Waals surface area (Å²) in [6.07, 6.45) is 2.15. The van der Waals surface area contributed by atoms with Gasteiger partial charge in [0.25, 0.3) is 11.6 Å². The van der Waals surface area contributed by atoms with E-state index in [-0.39, 0.29) is 39.1 Å². The van der Waals surface area contributed by atoms with Crippen LogP contribution in [0.15, 0.2) is 76.5 Å². The number of amides is 1. The molecule has 3 aromatic rings. The molecule has 0 radical (unpaired) electrons. The molecule has 0 saturated carbocycles. The van der Waals surface area contributed by atoms with E-state index in [1.165, 1.54) is 30.3 Å². The minimum atomic E-state index is -4.31. The molecule has 0 spiro atoms. The summed E-state index contributed by atoms with van der Waals surface area (Å²) >= 11 is 0. The molecule has 38 heavy (non-hydrogen) atoms. The lowest BCUT2D eigenvalue weighted by atomic mass is 10.0.